The van der Waals surface area contributed by atoms with E-state index in [-0.39, 0.29) is 0 Å². The summed E-state index contributed by atoms with van der Waals surface area (Å²) in [6.07, 6.45) is 0. The molecule has 0 aliphatic carbocycles. The molecule has 0 aliphatic heterocycles. The maximum absolute atomic E-state index is 5.47. The van der Waals surface area contributed by atoms with Crippen molar-refractivity contribution in [1.82, 2.24) is 15.5 Å². The van der Waals surface area contributed by atoms with Crippen LogP contribution in [-0.4, -0.2) is 16.7 Å². The molecule has 0 radical (unpaired) electrons. The minimum Gasteiger partial charge on any atom is -0.407 e. The second-order valence-electron chi connectivity index (χ2n) is 5.03. The van der Waals surface area contributed by atoms with E-state index in [0.29, 0.717) is 30.9 Å². The fourth-order valence-corrected chi connectivity index (χ4v) is 1.83. The fraction of sp³-hybridized carbons (Fsp3) is 0.467. The highest BCUT2D eigenvalue weighted by Gasteiger charge is 2.05. The van der Waals surface area contributed by atoms with Gasteiger partial charge in [0, 0.05) is 6.54 Å². The van der Waals surface area contributed by atoms with Gasteiger partial charge in [-0.3, -0.25) is 0 Å². The van der Waals surface area contributed by atoms with Crippen LogP contribution < -0.4 is 10.6 Å². The highest BCUT2D eigenvalue weighted by atomic mass is 16.4. The normalized spacial score (nSPS) is 11.0. The third-order valence-electron chi connectivity index (χ3n) is 3.08. The van der Waals surface area contributed by atoms with E-state index in [2.05, 4.69) is 58.9 Å². The largest absolute Gasteiger partial charge is 0.407 e. The summed E-state index contributed by atoms with van der Waals surface area (Å²) in [6, 6.07) is 9.03. The van der Waals surface area contributed by atoms with Gasteiger partial charge in [-0.15, -0.1) is 5.10 Å². The van der Waals surface area contributed by atoms with Gasteiger partial charge in [-0.1, -0.05) is 50.1 Å². The molecule has 0 fully saturated rings. The van der Waals surface area contributed by atoms with Gasteiger partial charge in [0.2, 0.25) is 5.89 Å². The summed E-state index contributed by atoms with van der Waals surface area (Å²) >= 11 is 0. The highest BCUT2D eigenvalue weighted by Crippen LogP contribution is 2.15. The molecule has 108 valence electrons. The predicted molar refractivity (Wildman–Crippen MR) is 79.5 cm³/mol. The Labute approximate surface area is 119 Å². The number of hydrogen-bond acceptors (Lipinski definition) is 5. The minimum absolute atomic E-state index is 0.464. The minimum atomic E-state index is 0.464. The fourth-order valence-electron chi connectivity index (χ4n) is 1.83. The first kappa shape index (κ1) is 14.5. The summed E-state index contributed by atoms with van der Waals surface area (Å²) in [6.45, 7) is 8.59. The molecule has 0 aliphatic rings. The SMILES string of the molecule is CCNCc1nnc(NCc2ccc(C(C)C)cc2)o1. The van der Waals surface area contributed by atoms with E-state index in [1.807, 2.05) is 6.92 Å². The Balaban J connectivity index is 1.86. The molecule has 5 nitrogen and oxygen atoms in total. The van der Waals surface area contributed by atoms with Crippen LogP contribution in [-0.2, 0) is 13.1 Å². The van der Waals surface area contributed by atoms with E-state index in [1.165, 1.54) is 11.1 Å². The Hall–Kier alpha value is -1.88. The lowest BCUT2D eigenvalue weighted by molar-refractivity contribution is 0.481. The van der Waals surface area contributed by atoms with Gasteiger partial charge in [0.1, 0.15) is 0 Å². The molecule has 0 unspecified atom stereocenters. The number of benzene rings is 1. The van der Waals surface area contributed by atoms with E-state index < -0.39 is 0 Å². The van der Waals surface area contributed by atoms with Crippen molar-refractivity contribution in [3.05, 3.63) is 41.3 Å². The van der Waals surface area contributed by atoms with Crippen LogP contribution in [0, 0.1) is 0 Å². The van der Waals surface area contributed by atoms with Crippen molar-refractivity contribution in [3.8, 4) is 0 Å². The van der Waals surface area contributed by atoms with Crippen LogP contribution in [0.1, 0.15) is 43.7 Å². The highest BCUT2D eigenvalue weighted by molar-refractivity contribution is 5.28. The quantitative estimate of drug-likeness (QED) is 0.813. The Bertz CT molecular complexity index is 519. The van der Waals surface area contributed by atoms with Crippen molar-refractivity contribution in [1.29, 1.82) is 0 Å². The molecule has 20 heavy (non-hydrogen) atoms. The summed E-state index contributed by atoms with van der Waals surface area (Å²) in [7, 11) is 0. The molecule has 0 spiro atoms. The lowest BCUT2D eigenvalue weighted by atomic mass is 10.0. The van der Waals surface area contributed by atoms with Gasteiger partial charge in [-0.05, 0) is 23.6 Å². The van der Waals surface area contributed by atoms with Gasteiger partial charge >= 0.3 is 6.01 Å². The molecular weight excluding hydrogens is 252 g/mol. The maximum Gasteiger partial charge on any atom is 0.315 e. The van der Waals surface area contributed by atoms with Gasteiger partial charge in [0.25, 0.3) is 0 Å². The van der Waals surface area contributed by atoms with Crippen LogP contribution in [0.4, 0.5) is 6.01 Å². The lowest BCUT2D eigenvalue weighted by Crippen LogP contribution is -2.11. The van der Waals surface area contributed by atoms with E-state index in [0.717, 1.165) is 6.54 Å². The first-order valence-corrected chi connectivity index (χ1v) is 7.05. The van der Waals surface area contributed by atoms with Gasteiger partial charge in [0.05, 0.1) is 6.54 Å². The Kier molecular flexibility index (Phi) is 5.12. The van der Waals surface area contributed by atoms with Crippen LogP contribution in [0.3, 0.4) is 0 Å². The molecule has 0 amide bonds. The maximum atomic E-state index is 5.47. The molecule has 1 aromatic carbocycles. The molecule has 2 rings (SSSR count). The van der Waals surface area contributed by atoms with Gasteiger partial charge in [0.15, 0.2) is 0 Å². The number of nitrogens with one attached hydrogen (secondary N) is 2. The van der Waals surface area contributed by atoms with Crippen molar-refractivity contribution in [2.75, 3.05) is 11.9 Å². The second-order valence-corrected chi connectivity index (χ2v) is 5.03. The van der Waals surface area contributed by atoms with Crippen LogP contribution in [0.25, 0.3) is 0 Å². The summed E-state index contributed by atoms with van der Waals surface area (Å²) in [5.41, 5.74) is 2.54. The van der Waals surface area contributed by atoms with Crippen LogP contribution >= 0.6 is 0 Å². The molecule has 5 heteroatoms. The smallest absolute Gasteiger partial charge is 0.315 e. The standard InChI is InChI=1S/C15H22N4O/c1-4-16-10-14-18-19-15(20-14)17-9-12-5-7-13(8-6-12)11(2)3/h5-8,11,16H,4,9-10H2,1-3H3,(H,17,19). The third-order valence-corrected chi connectivity index (χ3v) is 3.08. The summed E-state index contributed by atoms with van der Waals surface area (Å²) in [4.78, 5) is 0. The molecule has 0 saturated carbocycles. The first-order chi connectivity index (χ1) is 9.69. The second kappa shape index (κ2) is 7.05. The van der Waals surface area contributed by atoms with Crippen molar-refractivity contribution in [2.24, 2.45) is 0 Å². The zero-order chi connectivity index (χ0) is 14.4. The monoisotopic (exact) mass is 274 g/mol. The summed E-state index contributed by atoms with van der Waals surface area (Å²) in [5.74, 6) is 1.16. The molecule has 1 heterocycles. The van der Waals surface area contributed by atoms with Crippen molar-refractivity contribution < 1.29 is 4.42 Å². The Morgan fingerprint density at radius 3 is 2.50 bits per heavy atom. The van der Waals surface area contributed by atoms with Gasteiger partial charge < -0.3 is 15.1 Å². The average molecular weight is 274 g/mol. The van der Waals surface area contributed by atoms with E-state index in [4.69, 9.17) is 4.42 Å². The van der Waals surface area contributed by atoms with Crippen molar-refractivity contribution in [3.63, 3.8) is 0 Å². The molecule has 0 atom stereocenters. The molecule has 2 N–H and O–H groups in total. The molecular formula is C15H22N4O. The topological polar surface area (TPSA) is 63.0 Å². The Morgan fingerprint density at radius 1 is 1.10 bits per heavy atom. The van der Waals surface area contributed by atoms with Crippen LogP contribution in [0.5, 0.6) is 0 Å². The summed E-state index contributed by atoms with van der Waals surface area (Å²) < 4.78 is 5.47. The third kappa shape index (κ3) is 4.06. The Morgan fingerprint density at radius 2 is 1.85 bits per heavy atom. The van der Waals surface area contributed by atoms with E-state index in [1.54, 1.807) is 0 Å². The molecule has 1 aromatic heterocycles. The number of anilines is 1. The number of rotatable bonds is 7. The number of hydrogen-bond donors (Lipinski definition) is 2. The van der Waals surface area contributed by atoms with E-state index in [9.17, 15) is 0 Å². The number of aromatic nitrogens is 2. The summed E-state index contributed by atoms with van der Waals surface area (Å²) in [5, 5.41) is 14.2. The zero-order valence-electron chi connectivity index (χ0n) is 12.3. The zero-order valence-corrected chi connectivity index (χ0v) is 12.3. The van der Waals surface area contributed by atoms with Gasteiger partial charge in [-0.2, -0.15) is 0 Å². The van der Waals surface area contributed by atoms with Gasteiger partial charge in [-0.25, -0.2) is 0 Å². The molecule has 2 aromatic rings. The lowest BCUT2D eigenvalue weighted by Gasteiger charge is -2.06. The van der Waals surface area contributed by atoms with Crippen LogP contribution in [0.15, 0.2) is 28.7 Å². The number of nitrogens with zero attached hydrogens (tertiary/aromatic N) is 2. The predicted octanol–water partition coefficient (Wildman–Crippen LogP) is 2.91. The molecule has 0 saturated heterocycles. The first-order valence-electron chi connectivity index (χ1n) is 7.05. The molecule has 0 bridgehead atoms. The average Bonchev–Trinajstić information content (AvgIpc) is 2.91. The van der Waals surface area contributed by atoms with Crippen LogP contribution in [0.2, 0.25) is 0 Å². The van der Waals surface area contributed by atoms with E-state index >= 15 is 0 Å². The van der Waals surface area contributed by atoms with Crippen molar-refractivity contribution >= 4 is 6.01 Å². The van der Waals surface area contributed by atoms with Crippen molar-refractivity contribution in [2.45, 2.75) is 39.8 Å².